The quantitative estimate of drug-likeness (QED) is 0.101. The van der Waals surface area contributed by atoms with Crippen LogP contribution >= 0.6 is 0 Å². The summed E-state index contributed by atoms with van der Waals surface area (Å²) in [7, 11) is -3.12. The van der Waals surface area contributed by atoms with Gasteiger partial charge in [0.25, 0.3) is 0 Å². The zero-order chi connectivity index (χ0) is 52.4. The van der Waals surface area contributed by atoms with Gasteiger partial charge in [-0.25, -0.2) is 4.98 Å². The van der Waals surface area contributed by atoms with Gasteiger partial charge in [0.2, 0.25) is 0 Å². The molecule has 0 bridgehead atoms. The molecule has 0 atom stereocenters. The summed E-state index contributed by atoms with van der Waals surface area (Å²) in [6.07, 6.45) is 2.00. The molecule has 2 aromatic heterocycles. The van der Waals surface area contributed by atoms with Crippen molar-refractivity contribution < 1.29 is 0 Å². The first-order valence-corrected chi connectivity index (χ1v) is 28.9. The highest BCUT2D eigenvalue weighted by Crippen LogP contribution is 2.46. The molecule has 3 heterocycles. The topological polar surface area (TPSA) is 24.3 Å². The van der Waals surface area contributed by atoms with Crippen LogP contribution in [0.4, 0.5) is 22.7 Å². The molecule has 1 aliphatic rings. The van der Waals surface area contributed by atoms with E-state index in [-0.39, 0.29) is 16.2 Å². The van der Waals surface area contributed by atoms with Crippen LogP contribution in [-0.4, -0.2) is 24.3 Å². The van der Waals surface area contributed by atoms with E-state index in [0.717, 1.165) is 16.9 Å². The summed E-state index contributed by atoms with van der Waals surface area (Å²) in [4.78, 5) is 10.3. The van der Waals surface area contributed by atoms with E-state index in [1.54, 1.807) is 0 Å². The number of hydrogen-bond acceptors (Lipinski definition) is 3. The van der Waals surface area contributed by atoms with Crippen LogP contribution in [0.3, 0.4) is 0 Å². The first kappa shape index (κ1) is 48.7. The maximum atomic E-state index is 5.24. The monoisotopic (exact) mass is 1000 g/mol. The standard InChI is InChI=1S/C71H66N4Si/c1-69(2,3)54-43-55(70(4,5)6)45-57(44-54)74-49-73(65-34-21-22-35-66(65)74)56-28-23-33-60(47-56)76(58-29-17-11-18-30-58,59-31-19-12-20-32-59)61-37-38-62-63-42-51(50-24-13-9-14-25-50)36-39-64(63)75(67(62)48-61)68-46-53(40-41-72-68)71(7,8)52-26-15-10-16-27-52/h9-48H,49H2,1-8H3. The summed E-state index contributed by atoms with van der Waals surface area (Å²) in [6, 6.07) is 88.8. The number of rotatable bonds is 10. The minimum absolute atomic E-state index is 0.00554. The zero-order valence-electron chi connectivity index (χ0n) is 45.1. The van der Waals surface area contributed by atoms with E-state index < -0.39 is 8.07 Å². The molecule has 9 aromatic carbocycles. The minimum Gasteiger partial charge on any atom is -0.321 e. The van der Waals surface area contributed by atoms with Gasteiger partial charge in [-0.3, -0.25) is 4.57 Å². The van der Waals surface area contributed by atoms with Gasteiger partial charge in [0, 0.05) is 33.8 Å². The van der Waals surface area contributed by atoms with Crippen molar-refractivity contribution in [2.24, 2.45) is 0 Å². The molecule has 0 aliphatic carbocycles. The predicted octanol–water partition coefficient (Wildman–Crippen LogP) is 15.4. The number of para-hydroxylation sites is 2. The first-order chi connectivity index (χ1) is 36.7. The number of fused-ring (bicyclic) bond motifs is 4. The summed E-state index contributed by atoms with van der Waals surface area (Å²) >= 11 is 0. The van der Waals surface area contributed by atoms with Gasteiger partial charge in [-0.1, -0.05) is 225 Å². The van der Waals surface area contributed by atoms with Crippen LogP contribution < -0.4 is 30.5 Å². The normalized spacial score (nSPS) is 13.2. The summed E-state index contributed by atoms with van der Waals surface area (Å²) in [5, 5.41) is 7.68. The maximum absolute atomic E-state index is 5.24. The average Bonchev–Trinajstić information content (AvgIpc) is 4.19. The number of nitrogens with zero attached hydrogens (tertiary/aromatic N) is 4. The number of hydrogen-bond donors (Lipinski definition) is 0. The third-order valence-electron chi connectivity index (χ3n) is 16.2. The van der Waals surface area contributed by atoms with Crippen molar-refractivity contribution >= 4 is 73.4 Å². The third kappa shape index (κ3) is 8.44. The van der Waals surface area contributed by atoms with Crippen molar-refractivity contribution in [3.05, 3.63) is 265 Å². The summed E-state index contributed by atoms with van der Waals surface area (Å²) in [6.45, 7) is 19.3. The van der Waals surface area contributed by atoms with Crippen LogP contribution in [0.25, 0.3) is 38.8 Å². The second-order valence-electron chi connectivity index (χ2n) is 23.3. The maximum Gasteiger partial charge on any atom is 0.179 e. The highest BCUT2D eigenvalue weighted by molar-refractivity contribution is 7.20. The average molecular weight is 1000 g/mol. The van der Waals surface area contributed by atoms with Crippen LogP contribution in [0.5, 0.6) is 0 Å². The van der Waals surface area contributed by atoms with E-state index >= 15 is 0 Å². The highest BCUT2D eigenvalue weighted by atomic mass is 28.3. The zero-order valence-corrected chi connectivity index (χ0v) is 46.1. The van der Waals surface area contributed by atoms with Gasteiger partial charge < -0.3 is 9.80 Å². The Morgan fingerprint density at radius 3 is 1.54 bits per heavy atom. The molecule has 4 nitrogen and oxygen atoms in total. The Balaban J connectivity index is 1.08. The molecule has 0 saturated carbocycles. The van der Waals surface area contributed by atoms with Crippen LogP contribution in [0, 0.1) is 0 Å². The van der Waals surface area contributed by atoms with Crippen molar-refractivity contribution in [2.45, 2.75) is 71.6 Å². The molecule has 76 heavy (non-hydrogen) atoms. The van der Waals surface area contributed by atoms with Gasteiger partial charge >= 0.3 is 0 Å². The molecule has 12 rings (SSSR count). The molecule has 0 radical (unpaired) electrons. The Bertz CT molecular complexity index is 3830. The predicted molar refractivity (Wildman–Crippen MR) is 326 cm³/mol. The second kappa shape index (κ2) is 18.8. The van der Waals surface area contributed by atoms with Gasteiger partial charge in [0.1, 0.15) is 12.5 Å². The van der Waals surface area contributed by atoms with Crippen LogP contribution in [0.15, 0.2) is 243 Å². The highest BCUT2D eigenvalue weighted by Gasteiger charge is 2.43. The molecule has 0 N–H and O–H groups in total. The molecule has 0 amide bonds. The molecular weight excluding hydrogens is 937 g/mol. The summed E-state index contributed by atoms with van der Waals surface area (Å²) in [5.74, 6) is 0.903. The Kier molecular flexibility index (Phi) is 12.1. The van der Waals surface area contributed by atoms with E-state index in [4.69, 9.17) is 4.98 Å². The van der Waals surface area contributed by atoms with Gasteiger partial charge in [0.15, 0.2) is 8.07 Å². The lowest BCUT2D eigenvalue weighted by Gasteiger charge is -2.35. The number of aromatic nitrogens is 2. The molecule has 374 valence electrons. The van der Waals surface area contributed by atoms with Crippen LogP contribution in [0.2, 0.25) is 0 Å². The van der Waals surface area contributed by atoms with Crippen molar-refractivity contribution in [3.63, 3.8) is 0 Å². The van der Waals surface area contributed by atoms with Crippen LogP contribution in [-0.2, 0) is 16.2 Å². The van der Waals surface area contributed by atoms with Crippen molar-refractivity contribution in [3.8, 4) is 16.9 Å². The molecule has 0 fully saturated rings. The Hall–Kier alpha value is -8.25. The molecule has 11 aromatic rings. The lowest BCUT2D eigenvalue weighted by molar-refractivity contribution is 0.568. The number of pyridine rings is 1. The van der Waals surface area contributed by atoms with E-state index in [2.05, 4.69) is 306 Å². The van der Waals surface area contributed by atoms with Crippen molar-refractivity contribution in [2.75, 3.05) is 16.5 Å². The van der Waals surface area contributed by atoms with E-state index in [9.17, 15) is 0 Å². The van der Waals surface area contributed by atoms with Crippen molar-refractivity contribution in [1.82, 2.24) is 9.55 Å². The second-order valence-corrected chi connectivity index (χ2v) is 27.2. The van der Waals surface area contributed by atoms with Crippen LogP contribution in [0.1, 0.15) is 77.6 Å². The van der Waals surface area contributed by atoms with E-state index in [1.165, 1.54) is 87.6 Å². The summed E-state index contributed by atoms with van der Waals surface area (Å²) < 4.78 is 2.43. The fraction of sp³-hybridized carbons (Fsp3) is 0.169. The summed E-state index contributed by atoms with van der Waals surface area (Å²) in [5.41, 5.74) is 14.4. The first-order valence-electron chi connectivity index (χ1n) is 26.9. The molecular formula is C71H66N4Si. The molecule has 1 aliphatic heterocycles. The number of benzene rings is 9. The molecule has 0 saturated heterocycles. The smallest absolute Gasteiger partial charge is 0.179 e. The molecule has 0 spiro atoms. The fourth-order valence-electron chi connectivity index (χ4n) is 11.8. The largest absolute Gasteiger partial charge is 0.321 e. The molecule has 5 heteroatoms. The lowest BCUT2D eigenvalue weighted by Crippen LogP contribution is -2.74. The lowest BCUT2D eigenvalue weighted by atomic mass is 9.78. The minimum atomic E-state index is -3.12. The van der Waals surface area contributed by atoms with Crippen molar-refractivity contribution in [1.29, 1.82) is 0 Å². The fourth-order valence-corrected chi connectivity index (χ4v) is 16.6. The Morgan fingerprint density at radius 2 is 0.921 bits per heavy atom. The number of anilines is 4. The van der Waals surface area contributed by atoms with Gasteiger partial charge in [0.05, 0.1) is 22.4 Å². The Labute approximate surface area is 450 Å². The Morgan fingerprint density at radius 1 is 0.368 bits per heavy atom. The van der Waals surface area contributed by atoms with Gasteiger partial charge in [-0.15, -0.1) is 0 Å². The SMILES string of the molecule is CC(C)(C)c1cc(N2CN(c3cccc([Si](c4ccccc4)(c4ccccc4)c4ccc5c6cc(-c7ccccc7)ccc6n(-c6cc(C(C)(C)c7ccccc7)ccn6)c5c4)c3)c3ccccc32)cc(C(C)(C)C)c1. The molecule has 0 unspecified atom stereocenters. The third-order valence-corrected chi connectivity index (χ3v) is 21.0. The van der Waals surface area contributed by atoms with Gasteiger partial charge in [-0.05, 0) is 132 Å². The van der Waals surface area contributed by atoms with E-state index in [1.807, 2.05) is 6.20 Å². The van der Waals surface area contributed by atoms with Gasteiger partial charge in [-0.2, -0.15) is 0 Å². The van der Waals surface area contributed by atoms with E-state index in [0.29, 0.717) is 6.67 Å².